The van der Waals surface area contributed by atoms with E-state index >= 15 is 0 Å². The van der Waals surface area contributed by atoms with Crippen LogP contribution in [0.5, 0.6) is 5.75 Å². The molecule has 7 heteroatoms. The van der Waals surface area contributed by atoms with Gasteiger partial charge < -0.3 is 24.4 Å². The molecular weight excluding hydrogens is 701 g/mol. The number of unbranched alkanes of at least 4 members (excludes halogenated alkanes) is 2. The summed E-state index contributed by atoms with van der Waals surface area (Å²) in [7, 11) is 0. The van der Waals surface area contributed by atoms with Gasteiger partial charge in [-0.1, -0.05) is 107 Å². The highest BCUT2D eigenvalue weighted by atomic mass is 16.5. The van der Waals surface area contributed by atoms with Gasteiger partial charge in [-0.3, -0.25) is 0 Å². The van der Waals surface area contributed by atoms with Crippen LogP contribution in [0.3, 0.4) is 0 Å². The Kier molecular flexibility index (Phi) is 17.4. The van der Waals surface area contributed by atoms with E-state index in [9.17, 15) is 19.8 Å². The average Bonchev–Trinajstić information content (AvgIpc) is 3.21. The van der Waals surface area contributed by atoms with Crippen molar-refractivity contribution in [1.82, 2.24) is 0 Å². The zero-order chi connectivity index (χ0) is 40.5. The van der Waals surface area contributed by atoms with Gasteiger partial charge in [-0.15, -0.1) is 0 Å². The van der Waals surface area contributed by atoms with Gasteiger partial charge in [0.15, 0.2) is 0 Å². The number of rotatable bonds is 23. The number of aliphatic hydroxyl groups excluding tert-OH is 2. The van der Waals surface area contributed by atoms with Crippen LogP contribution < -0.4 is 4.74 Å². The summed E-state index contributed by atoms with van der Waals surface area (Å²) < 4.78 is 17.3. The number of aryl methyl sites for hydroxylation is 3. The number of allylic oxidation sites excluding steroid dienone is 4. The minimum Gasteiger partial charge on any atom is -0.493 e. The number of carbonyl (C=O) groups is 2. The minimum atomic E-state index is -0.681. The fourth-order valence-corrected chi connectivity index (χ4v) is 6.63. The van der Waals surface area contributed by atoms with Crippen molar-refractivity contribution in [3.63, 3.8) is 0 Å². The summed E-state index contributed by atoms with van der Waals surface area (Å²) in [5.74, 6) is 0.176. The molecule has 2 N–H and O–H groups in total. The van der Waals surface area contributed by atoms with E-state index in [0.29, 0.717) is 43.3 Å². The maximum atomic E-state index is 12.1. The zero-order valence-corrected chi connectivity index (χ0v) is 34.0. The van der Waals surface area contributed by atoms with Crippen LogP contribution in [0.25, 0.3) is 16.7 Å². The highest BCUT2D eigenvalue weighted by molar-refractivity contribution is 5.87. The van der Waals surface area contributed by atoms with Crippen LogP contribution in [-0.4, -0.2) is 55.2 Å². The van der Waals surface area contributed by atoms with Crippen molar-refractivity contribution in [3.05, 3.63) is 131 Å². The number of esters is 2. The molecule has 0 fully saturated rings. The molecule has 3 aromatic rings. The lowest BCUT2D eigenvalue weighted by atomic mass is 9.87. The molecule has 0 saturated heterocycles. The molecule has 0 spiro atoms. The van der Waals surface area contributed by atoms with E-state index in [-0.39, 0.29) is 39.0 Å². The van der Waals surface area contributed by atoms with Crippen molar-refractivity contribution in [3.8, 4) is 16.9 Å². The van der Waals surface area contributed by atoms with Crippen molar-refractivity contribution in [1.29, 1.82) is 0 Å². The SMILES string of the molecule is C=C(C)C(=O)OCCCc1cc(-c2ccc(C3C=CC(c4ccc(CCCCC)cc4)=CC3)cc2)cc(CCCOC(=O)C(=C)C)c1OCCC(C)(CO)CO. The Bertz CT molecular complexity index is 1770. The molecule has 0 radical (unpaired) electrons. The smallest absolute Gasteiger partial charge is 0.333 e. The largest absolute Gasteiger partial charge is 0.493 e. The lowest BCUT2D eigenvalue weighted by Gasteiger charge is -2.25. The van der Waals surface area contributed by atoms with E-state index < -0.39 is 17.4 Å². The third-order valence-electron chi connectivity index (χ3n) is 10.4. The topological polar surface area (TPSA) is 102 Å². The first-order valence-corrected chi connectivity index (χ1v) is 20.2. The predicted molar refractivity (Wildman–Crippen MR) is 227 cm³/mol. The Balaban J connectivity index is 1.56. The zero-order valence-electron chi connectivity index (χ0n) is 34.0. The summed E-state index contributed by atoms with van der Waals surface area (Å²) in [6.07, 6.45) is 15.5. The second kappa shape index (κ2) is 22.1. The molecule has 7 nitrogen and oxygen atoms in total. The molecule has 1 aliphatic rings. The Morgan fingerprint density at radius 3 is 1.82 bits per heavy atom. The Labute approximate surface area is 334 Å². The predicted octanol–water partition coefficient (Wildman–Crippen LogP) is 10.1. The molecule has 3 aromatic carbocycles. The Hall–Kier alpha value is -4.72. The van der Waals surface area contributed by atoms with E-state index in [1.54, 1.807) is 13.8 Å². The summed E-state index contributed by atoms with van der Waals surface area (Å²) >= 11 is 0. The number of carbonyl (C=O) groups excluding carboxylic acids is 2. The third kappa shape index (κ3) is 13.2. The summed E-state index contributed by atoms with van der Waals surface area (Å²) in [5.41, 5.74) is 9.22. The molecule has 4 rings (SSSR count). The fraction of sp³-hybridized carbons (Fsp3) is 0.429. The molecule has 0 saturated carbocycles. The van der Waals surface area contributed by atoms with Gasteiger partial charge in [-0.2, -0.15) is 0 Å². The molecule has 1 aliphatic carbocycles. The van der Waals surface area contributed by atoms with Crippen LogP contribution in [0.15, 0.2) is 103 Å². The molecule has 0 amide bonds. The van der Waals surface area contributed by atoms with Crippen molar-refractivity contribution < 1.29 is 34.0 Å². The van der Waals surface area contributed by atoms with Crippen molar-refractivity contribution in [2.24, 2.45) is 5.41 Å². The second-order valence-corrected chi connectivity index (χ2v) is 15.5. The first-order chi connectivity index (χ1) is 27.0. The second-order valence-electron chi connectivity index (χ2n) is 15.5. The standard InChI is InChI=1S/C49H62O7/c1-7-8-9-12-37-15-17-38(18-16-37)39-19-21-40(22-20-39)41-23-25-42(26-24-41)45-31-43(13-10-28-55-47(52)35(2)3)46(54-30-27-49(6,33-50)34-51)44(32-45)14-11-29-56-48(53)36(4)5/h15-21,23-26,31-32,40,50-51H,2,4,7-14,22,27-30,33-34H2,1,3,5-6H3. The van der Waals surface area contributed by atoms with E-state index in [4.69, 9.17) is 14.2 Å². The molecule has 300 valence electrons. The first-order valence-electron chi connectivity index (χ1n) is 20.2. The molecule has 0 bridgehead atoms. The lowest BCUT2D eigenvalue weighted by molar-refractivity contribution is -0.139. The molecule has 1 atom stereocenters. The van der Waals surface area contributed by atoms with Gasteiger partial charge in [0.1, 0.15) is 5.75 Å². The van der Waals surface area contributed by atoms with E-state index in [1.165, 1.54) is 41.5 Å². The van der Waals surface area contributed by atoms with Gasteiger partial charge in [-0.25, -0.2) is 9.59 Å². The van der Waals surface area contributed by atoms with Gasteiger partial charge in [0, 0.05) is 22.5 Å². The van der Waals surface area contributed by atoms with Crippen molar-refractivity contribution >= 4 is 17.5 Å². The van der Waals surface area contributed by atoms with Crippen LogP contribution in [-0.2, 0) is 38.3 Å². The number of hydrogen-bond acceptors (Lipinski definition) is 7. The fourth-order valence-electron chi connectivity index (χ4n) is 6.63. The Morgan fingerprint density at radius 2 is 1.32 bits per heavy atom. The van der Waals surface area contributed by atoms with Crippen LogP contribution in [0.2, 0.25) is 0 Å². The molecule has 0 aromatic heterocycles. The molecule has 0 aliphatic heterocycles. The van der Waals surface area contributed by atoms with Crippen LogP contribution >= 0.6 is 0 Å². The van der Waals surface area contributed by atoms with Crippen LogP contribution in [0.1, 0.15) is 106 Å². The number of hydrogen-bond donors (Lipinski definition) is 2. The lowest BCUT2D eigenvalue weighted by Crippen LogP contribution is -2.28. The average molecular weight is 763 g/mol. The molecule has 1 unspecified atom stereocenters. The molecule has 56 heavy (non-hydrogen) atoms. The monoisotopic (exact) mass is 762 g/mol. The van der Waals surface area contributed by atoms with E-state index in [1.807, 2.05) is 6.92 Å². The third-order valence-corrected chi connectivity index (χ3v) is 10.4. The quantitative estimate of drug-likeness (QED) is 0.0563. The highest BCUT2D eigenvalue weighted by Gasteiger charge is 2.23. The normalized spacial score (nSPS) is 13.9. The number of benzene rings is 3. The highest BCUT2D eigenvalue weighted by Crippen LogP contribution is 2.36. The van der Waals surface area contributed by atoms with Gasteiger partial charge in [0.2, 0.25) is 0 Å². The van der Waals surface area contributed by atoms with Gasteiger partial charge >= 0.3 is 11.9 Å². The van der Waals surface area contributed by atoms with E-state index in [0.717, 1.165) is 40.8 Å². The molecular formula is C49H62O7. The van der Waals surface area contributed by atoms with Gasteiger partial charge in [0.25, 0.3) is 0 Å². The van der Waals surface area contributed by atoms with Gasteiger partial charge in [-0.05, 0) is 122 Å². The number of ether oxygens (including phenoxy) is 3. The van der Waals surface area contributed by atoms with Crippen LogP contribution in [0.4, 0.5) is 0 Å². The summed E-state index contributed by atoms with van der Waals surface area (Å²) in [6, 6.07) is 22.0. The maximum Gasteiger partial charge on any atom is 0.333 e. The summed E-state index contributed by atoms with van der Waals surface area (Å²) in [4.78, 5) is 24.2. The summed E-state index contributed by atoms with van der Waals surface area (Å²) in [6.45, 7) is 15.1. The first kappa shape index (κ1) is 44.0. The minimum absolute atomic E-state index is 0.162. The molecule has 0 heterocycles. The van der Waals surface area contributed by atoms with E-state index in [2.05, 4.69) is 99.0 Å². The van der Waals surface area contributed by atoms with Crippen molar-refractivity contribution in [2.75, 3.05) is 33.0 Å². The maximum absolute atomic E-state index is 12.1. The number of aliphatic hydroxyl groups is 2. The van der Waals surface area contributed by atoms with Crippen LogP contribution in [0, 0.1) is 5.41 Å². The van der Waals surface area contributed by atoms with Gasteiger partial charge in [0.05, 0.1) is 33.0 Å². The summed E-state index contributed by atoms with van der Waals surface area (Å²) in [5, 5.41) is 19.8. The Morgan fingerprint density at radius 1 is 0.750 bits per heavy atom. The van der Waals surface area contributed by atoms with Crippen molar-refractivity contribution in [2.45, 2.75) is 97.8 Å².